The summed E-state index contributed by atoms with van der Waals surface area (Å²) in [7, 11) is 0. The van der Waals surface area contributed by atoms with Crippen LogP contribution in [0.3, 0.4) is 0 Å². The molecule has 10 heteroatoms. The van der Waals surface area contributed by atoms with E-state index in [-0.39, 0.29) is 18.2 Å². The summed E-state index contributed by atoms with van der Waals surface area (Å²) in [5.41, 5.74) is 1.51. The van der Waals surface area contributed by atoms with Gasteiger partial charge < -0.3 is 20.0 Å². The predicted octanol–water partition coefficient (Wildman–Crippen LogP) is 2.08. The molecule has 1 aliphatic rings. The molecule has 26 heavy (non-hydrogen) atoms. The van der Waals surface area contributed by atoms with Crippen LogP contribution >= 0.6 is 24.0 Å². The van der Waals surface area contributed by atoms with E-state index in [1.807, 2.05) is 6.92 Å². The van der Waals surface area contributed by atoms with Crippen molar-refractivity contribution in [2.24, 2.45) is 0 Å². The molecule has 136 valence electrons. The van der Waals surface area contributed by atoms with Gasteiger partial charge in [-0.3, -0.25) is 9.42 Å². The Bertz CT molecular complexity index is 875. The molecule has 2 aromatic rings. The first-order valence-corrected chi connectivity index (χ1v) is 8.90. The van der Waals surface area contributed by atoms with E-state index in [0.29, 0.717) is 37.9 Å². The van der Waals surface area contributed by atoms with Crippen LogP contribution in [0.4, 0.5) is 0 Å². The van der Waals surface area contributed by atoms with E-state index in [1.54, 1.807) is 31.2 Å². The third-order valence-corrected chi connectivity index (χ3v) is 4.62. The number of carbonyl (C=O) groups is 1. The number of benzene rings is 1. The number of hydrogen-bond donors (Lipinski definition) is 1. The van der Waals surface area contributed by atoms with Gasteiger partial charge in [-0.25, -0.2) is 0 Å². The molecule has 1 aromatic carbocycles. The Morgan fingerprint density at radius 3 is 2.85 bits per heavy atom. The molecule has 1 amide bonds. The van der Waals surface area contributed by atoms with Gasteiger partial charge in [-0.1, -0.05) is 30.0 Å². The lowest BCUT2D eigenvalue weighted by atomic mass is 10.2. The van der Waals surface area contributed by atoms with Crippen LogP contribution in [-0.4, -0.2) is 22.0 Å². The Kier molecular flexibility index (Phi) is 5.43. The Labute approximate surface area is 158 Å². The molecule has 0 bridgehead atoms. The number of aromatic nitrogens is 2. The van der Waals surface area contributed by atoms with Gasteiger partial charge in [-0.05, 0) is 35.6 Å². The largest absolute Gasteiger partial charge is 0.490 e. The summed E-state index contributed by atoms with van der Waals surface area (Å²) in [6.45, 7) is 3.93. The van der Waals surface area contributed by atoms with Gasteiger partial charge in [0.2, 0.25) is 11.4 Å². The molecule has 1 aliphatic heterocycles. The Morgan fingerprint density at radius 2 is 2.23 bits per heavy atom. The zero-order valence-electron chi connectivity index (χ0n) is 14.0. The predicted molar refractivity (Wildman–Crippen MR) is 98.5 cm³/mol. The molecule has 8 nitrogen and oxygen atoms in total. The van der Waals surface area contributed by atoms with Gasteiger partial charge in [-0.15, -0.1) is 0 Å². The highest BCUT2D eigenvalue weighted by Gasteiger charge is 2.22. The van der Waals surface area contributed by atoms with E-state index >= 15 is 0 Å². The van der Waals surface area contributed by atoms with E-state index in [0.717, 1.165) is 5.56 Å². The van der Waals surface area contributed by atoms with Crippen molar-refractivity contribution in [2.75, 3.05) is 6.61 Å². The van der Waals surface area contributed by atoms with Crippen LogP contribution in [-0.2, 0) is 11.4 Å². The smallest absolute Gasteiger partial charge is 0.263 e. The monoisotopic (exact) mass is 393 g/mol. The number of hydrogen-bond acceptors (Lipinski definition) is 8. The van der Waals surface area contributed by atoms with Crippen LogP contribution in [0.25, 0.3) is 6.08 Å². The third-order valence-electron chi connectivity index (χ3n) is 3.46. The molecular formula is C16H15N3O5S2. The molecule has 0 unspecified atom stereocenters. The van der Waals surface area contributed by atoms with Crippen molar-refractivity contribution < 1.29 is 23.8 Å². The van der Waals surface area contributed by atoms with Gasteiger partial charge in [0.1, 0.15) is 4.32 Å². The summed E-state index contributed by atoms with van der Waals surface area (Å²) < 4.78 is 16.2. The number of carbonyl (C=O) groups excluding carboxylic acids is 1. The SMILES string of the molecule is CCOc1cc(/C=C2\SC(=S)NC2=O)ccc1OCc1c(C)no[n+]1[O-]. The molecule has 0 aliphatic carbocycles. The highest BCUT2D eigenvalue weighted by Crippen LogP contribution is 2.32. The van der Waals surface area contributed by atoms with Gasteiger partial charge >= 0.3 is 0 Å². The average Bonchev–Trinajstić information content (AvgIpc) is 3.08. The minimum Gasteiger partial charge on any atom is -0.490 e. The molecule has 1 N–H and O–H groups in total. The Hall–Kier alpha value is -2.59. The van der Waals surface area contributed by atoms with E-state index in [9.17, 15) is 10.0 Å². The highest BCUT2D eigenvalue weighted by atomic mass is 32.2. The minimum atomic E-state index is -0.221. The normalized spacial score (nSPS) is 15.4. The zero-order valence-corrected chi connectivity index (χ0v) is 15.6. The van der Waals surface area contributed by atoms with E-state index < -0.39 is 0 Å². The molecule has 0 radical (unpaired) electrons. The van der Waals surface area contributed by atoms with Gasteiger partial charge in [0.25, 0.3) is 5.91 Å². The van der Waals surface area contributed by atoms with Gasteiger partial charge in [0.05, 0.1) is 11.5 Å². The lowest BCUT2D eigenvalue weighted by molar-refractivity contribution is -0.808. The van der Waals surface area contributed by atoms with Crippen molar-refractivity contribution in [3.8, 4) is 11.5 Å². The van der Waals surface area contributed by atoms with E-state index in [4.69, 9.17) is 21.7 Å². The third kappa shape index (κ3) is 3.97. The van der Waals surface area contributed by atoms with Crippen LogP contribution in [0.2, 0.25) is 0 Å². The van der Waals surface area contributed by atoms with E-state index in [2.05, 4.69) is 15.1 Å². The maximum Gasteiger partial charge on any atom is 0.263 e. The summed E-state index contributed by atoms with van der Waals surface area (Å²) in [4.78, 5) is 12.6. The number of rotatable bonds is 6. The van der Waals surface area contributed by atoms with Crippen molar-refractivity contribution in [1.29, 1.82) is 0 Å². The Balaban J connectivity index is 1.82. The molecule has 0 saturated carbocycles. The maximum absolute atomic E-state index is 11.8. The number of ether oxygens (including phenoxy) is 2. The number of nitrogens with one attached hydrogen (secondary N) is 1. The van der Waals surface area contributed by atoms with Crippen LogP contribution in [0, 0.1) is 12.1 Å². The summed E-state index contributed by atoms with van der Waals surface area (Å²) >= 11 is 6.19. The number of thiocarbonyl (C=S) groups is 1. The van der Waals surface area contributed by atoms with Crippen molar-refractivity contribution in [3.63, 3.8) is 0 Å². The molecule has 1 fully saturated rings. The van der Waals surface area contributed by atoms with Gasteiger partial charge in [0.15, 0.2) is 18.1 Å². The second-order valence-corrected chi connectivity index (χ2v) is 6.96. The van der Waals surface area contributed by atoms with Crippen molar-refractivity contribution in [1.82, 2.24) is 10.5 Å². The summed E-state index contributed by atoms with van der Waals surface area (Å²) in [5.74, 6) is 0.745. The first kappa shape index (κ1) is 18.2. The minimum absolute atomic E-state index is 0.00806. The quantitative estimate of drug-likeness (QED) is 0.452. The van der Waals surface area contributed by atoms with Crippen LogP contribution in [0.1, 0.15) is 23.9 Å². The Morgan fingerprint density at radius 1 is 1.42 bits per heavy atom. The summed E-state index contributed by atoms with van der Waals surface area (Å²) in [6, 6.07) is 5.25. The fourth-order valence-electron chi connectivity index (χ4n) is 2.21. The van der Waals surface area contributed by atoms with Crippen LogP contribution < -0.4 is 19.7 Å². The number of amides is 1. The topological polar surface area (TPSA) is 101 Å². The fourth-order valence-corrected chi connectivity index (χ4v) is 3.25. The number of thioether (sulfide) groups is 1. The van der Waals surface area contributed by atoms with Crippen molar-refractivity contribution in [2.45, 2.75) is 20.5 Å². The lowest BCUT2D eigenvalue weighted by Gasteiger charge is -2.12. The molecule has 1 aromatic heterocycles. The molecular weight excluding hydrogens is 378 g/mol. The fraction of sp³-hybridized carbons (Fsp3) is 0.250. The second kappa shape index (κ2) is 7.75. The van der Waals surface area contributed by atoms with Crippen molar-refractivity contribution in [3.05, 3.63) is 45.3 Å². The van der Waals surface area contributed by atoms with Gasteiger partial charge in [0, 0.05) is 12.1 Å². The molecule has 2 heterocycles. The van der Waals surface area contributed by atoms with E-state index in [1.165, 1.54) is 11.8 Å². The standard InChI is InChI=1S/C16H15N3O5S2/c1-3-22-13-6-10(7-14-15(20)17-16(25)26-14)4-5-12(13)23-8-11-9(2)18-24-19(11)21/h4-7H,3,8H2,1-2H3,(H,17,20,25)/b14-7-. The highest BCUT2D eigenvalue weighted by molar-refractivity contribution is 8.26. The lowest BCUT2D eigenvalue weighted by Crippen LogP contribution is -2.29. The number of nitrogens with zero attached hydrogens (tertiary/aromatic N) is 2. The number of aryl methyl sites for hydroxylation is 1. The average molecular weight is 393 g/mol. The first-order valence-electron chi connectivity index (χ1n) is 7.67. The second-order valence-electron chi connectivity index (χ2n) is 5.24. The van der Waals surface area contributed by atoms with Crippen molar-refractivity contribution >= 4 is 40.3 Å². The van der Waals surface area contributed by atoms with Crippen LogP contribution in [0.15, 0.2) is 27.7 Å². The molecule has 0 spiro atoms. The first-order chi connectivity index (χ1) is 12.5. The van der Waals surface area contributed by atoms with Crippen LogP contribution in [0.5, 0.6) is 11.5 Å². The molecule has 0 atom stereocenters. The summed E-state index contributed by atoms with van der Waals surface area (Å²) in [5, 5.41) is 17.6. The molecule has 3 rings (SSSR count). The molecule has 1 saturated heterocycles. The summed E-state index contributed by atoms with van der Waals surface area (Å²) in [6.07, 6.45) is 1.72. The van der Waals surface area contributed by atoms with Gasteiger partial charge in [-0.2, -0.15) is 0 Å². The zero-order chi connectivity index (χ0) is 18.7. The maximum atomic E-state index is 11.8.